The Morgan fingerprint density at radius 3 is 2.69 bits per heavy atom. The predicted molar refractivity (Wildman–Crippen MR) is 55.6 cm³/mol. The van der Waals surface area contributed by atoms with Crippen molar-refractivity contribution in [2.75, 3.05) is 0 Å². The zero-order valence-corrected chi connectivity index (χ0v) is 8.94. The lowest BCUT2D eigenvalue weighted by molar-refractivity contribution is -0.117. The van der Waals surface area contributed by atoms with Crippen molar-refractivity contribution in [2.45, 2.75) is 13.3 Å². The summed E-state index contributed by atoms with van der Waals surface area (Å²) in [5, 5.41) is 12.9. The van der Waals surface area contributed by atoms with Crippen LogP contribution >= 0.6 is 0 Å². The Morgan fingerprint density at radius 1 is 1.56 bits per heavy atom. The van der Waals surface area contributed by atoms with Crippen molar-refractivity contribution in [3.05, 3.63) is 17.0 Å². The van der Waals surface area contributed by atoms with E-state index < -0.39 is 11.9 Å². The molecule has 0 radical (unpaired) electrons. The van der Waals surface area contributed by atoms with E-state index in [9.17, 15) is 9.59 Å². The van der Waals surface area contributed by atoms with Crippen LogP contribution in [0, 0.1) is 18.8 Å². The number of aryl methyl sites for hydroxylation is 2. The number of primary amides is 1. The Kier molecular flexibility index (Phi) is 3.30. The monoisotopic (exact) mass is 221 g/mol. The predicted octanol–water partition coefficient (Wildman–Crippen LogP) is -0.346. The fourth-order valence-corrected chi connectivity index (χ4v) is 1.27. The highest BCUT2D eigenvalue weighted by Gasteiger charge is 2.17. The average Bonchev–Trinajstić information content (AvgIpc) is 2.40. The molecule has 1 rings (SSSR count). The molecule has 0 spiro atoms. The molecule has 0 aliphatic carbocycles. The SMILES string of the molecule is Cc1nn(C)c(C(=O)O)c1C#CCC(N)=O. The van der Waals surface area contributed by atoms with E-state index in [1.807, 2.05) is 0 Å². The number of carboxylic acids is 1. The van der Waals surface area contributed by atoms with Crippen LogP contribution in [0.4, 0.5) is 0 Å². The molecule has 0 fully saturated rings. The lowest BCUT2D eigenvalue weighted by atomic mass is 10.2. The molecule has 0 aliphatic rings. The van der Waals surface area contributed by atoms with Gasteiger partial charge in [0.1, 0.15) is 0 Å². The minimum atomic E-state index is -1.11. The van der Waals surface area contributed by atoms with Crippen molar-refractivity contribution in [3.8, 4) is 11.8 Å². The molecular weight excluding hydrogens is 210 g/mol. The highest BCUT2D eigenvalue weighted by Crippen LogP contribution is 2.11. The van der Waals surface area contributed by atoms with E-state index >= 15 is 0 Å². The highest BCUT2D eigenvalue weighted by molar-refractivity contribution is 5.89. The van der Waals surface area contributed by atoms with Crippen molar-refractivity contribution in [3.63, 3.8) is 0 Å². The second-order valence-electron chi connectivity index (χ2n) is 3.18. The number of nitrogens with zero attached hydrogens (tertiary/aromatic N) is 2. The number of aromatic nitrogens is 2. The first kappa shape index (κ1) is 11.8. The second kappa shape index (κ2) is 4.49. The fourth-order valence-electron chi connectivity index (χ4n) is 1.27. The quantitative estimate of drug-likeness (QED) is 0.667. The topological polar surface area (TPSA) is 98.2 Å². The van der Waals surface area contributed by atoms with Gasteiger partial charge in [0, 0.05) is 7.05 Å². The molecule has 1 amide bonds. The van der Waals surface area contributed by atoms with Gasteiger partial charge >= 0.3 is 5.97 Å². The van der Waals surface area contributed by atoms with Crippen molar-refractivity contribution < 1.29 is 14.7 Å². The second-order valence-corrected chi connectivity index (χ2v) is 3.18. The number of hydrogen-bond donors (Lipinski definition) is 2. The maximum atomic E-state index is 10.9. The number of aromatic carboxylic acids is 1. The first-order valence-corrected chi connectivity index (χ1v) is 4.47. The molecule has 0 aliphatic heterocycles. The van der Waals surface area contributed by atoms with Gasteiger partial charge in [0.2, 0.25) is 5.91 Å². The third-order valence-corrected chi connectivity index (χ3v) is 1.90. The molecule has 0 atom stereocenters. The smallest absolute Gasteiger partial charge is 0.355 e. The summed E-state index contributed by atoms with van der Waals surface area (Å²) in [5.74, 6) is 3.45. The first-order valence-electron chi connectivity index (χ1n) is 4.47. The number of hydrogen-bond acceptors (Lipinski definition) is 3. The van der Waals surface area contributed by atoms with Gasteiger partial charge in [-0.25, -0.2) is 4.79 Å². The van der Waals surface area contributed by atoms with Crippen LogP contribution in [-0.4, -0.2) is 26.8 Å². The standard InChI is InChI=1S/C10H11N3O3/c1-6-7(4-3-5-8(11)14)9(10(15)16)13(2)12-6/h5H2,1-2H3,(H2,11,14)(H,15,16). The van der Waals surface area contributed by atoms with Crippen LogP contribution < -0.4 is 5.73 Å². The van der Waals surface area contributed by atoms with Crippen LogP contribution in [0.15, 0.2) is 0 Å². The van der Waals surface area contributed by atoms with Crippen LogP contribution in [-0.2, 0) is 11.8 Å². The molecule has 16 heavy (non-hydrogen) atoms. The maximum absolute atomic E-state index is 10.9. The van der Waals surface area contributed by atoms with Crippen LogP contribution in [0.25, 0.3) is 0 Å². The normalized spacial score (nSPS) is 9.38. The Hall–Kier alpha value is -2.29. The number of carbonyl (C=O) groups is 2. The molecular formula is C10H11N3O3. The lowest BCUT2D eigenvalue weighted by Crippen LogP contribution is -2.09. The lowest BCUT2D eigenvalue weighted by Gasteiger charge is -1.94. The number of rotatable bonds is 2. The molecule has 3 N–H and O–H groups in total. The third-order valence-electron chi connectivity index (χ3n) is 1.90. The van der Waals surface area contributed by atoms with Gasteiger partial charge in [0.15, 0.2) is 5.69 Å². The van der Waals surface area contributed by atoms with Gasteiger partial charge in [-0.15, -0.1) is 0 Å². The van der Waals surface area contributed by atoms with E-state index in [1.54, 1.807) is 6.92 Å². The molecule has 0 bridgehead atoms. The Morgan fingerprint density at radius 2 is 2.19 bits per heavy atom. The number of carbonyl (C=O) groups excluding carboxylic acids is 1. The number of amides is 1. The van der Waals surface area contributed by atoms with E-state index in [0.29, 0.717) is 11.3 Å². The first-order chi connectivity index (χ1) is 7.43. The highest BCUT2D eigenvalue weighted by atomic mass is 16.4. The largest absolute Gasteiger partial charge is 0.476 e. The van der Waals surface area contributed by atoms with Gasteiger partial charge in [0.05, 0.1) is 17.7 Å². The van der Waals surface area contributed by atoms with E-state index in [1.165, 1.54) is 11.7 Å². The van der Waals surface area contributed by atoms with Crippen molar-refractivity contribution >= 4 is 11.9 Å². The Bertz CT molecular complexity index is 505. The molecule has 1 heterocycles. The fraction of sp³-hybridized carbons (Fsp3) is 0.300. The van der Waals surface area contributed by atoms with Crippen LogP contribution in [0.2, 0.25) is 0 Å². The van der Waals surface area contributed by atoms with Gasteiger partial charge in [-0.2, -0.15) is 5.10 Å². The number of carboxylic acid groups (broad SMARTS) is 1. The summed E-state index contributed by atoms with van der Waals surface area (Å²) in [5.41, 5.74) is 5.75. The van der Waals surface area contributed by atoms with Crippen LogP contribution in [0.3, 0.4) is 0 Å². The van der Waals surface area contributed by atoms with Crippen molar-refractivity contribution in [1.82, 2.24) is 9.78 Å². The number of nitrogens with two attached hydrogens (primary N) is 1. The maximum Gasteiger partial charge on any atom is 0.355 e. The minimum Gasteiger partial charge on any atom is -0.476 e. The summed E-state index contributed by atoms with van der Waals surface area (Å²) in [6.07, 6.45) is -0.104. The molecule has 1 aromatic rings. The van der Waals surface area contributed by atoms with Crippen LogP contribution in [0.5, 0.6) is 0 Å². The summed E-state index contributed by atoms with van der Waals surface area (Å²) >= 11 is 0. The Balaban J connectivity index is 3.15. The van der Waals surface area contributed by atoms with Crippen LogP contribution in [0.1, 0.15) is 28.2 Å². The molecule has 1 aromatic heterocycles. The molecule has 6 heteroatoms. The van der Waals surface area contributed by atoms with Crippen molar-refractivity contribution in [1.29, 1.82) is 0 Å². The summed E-state index contributed by atoms with van der Waals surface area (Å²) in [4.78, 5) is 21.4. The van der Waals surface area contributed by atoms with Gasteiger partial charge < -0.3 is 10.8 Å². The minimum absolute atomic E-state index is 0.00877. The van der Waals surface area contributed by atoms with E-state index in [4.69, 9.17) is 10.8 Å². The van der Waals surface area contributed by atoms with E-state index in [0.717, 1.165) is 0 Å². The molecule has 0 saturated carbocycles. The van der Waals surface area contributed by atoms with E-state index in [2.05, 4.69) is 16.9 Å². The van der Waals surface area contributed by atoms with Gasteiger partial charge in [-0.05, 0) is 6.92 Å². The molecule has 84 valence electrons. The van der Waals surface area contributed by atoms with E-state index in [-0.39, 0.29) is 12.1 Å². The van der Waals surface area contributed by atoms with Gasteiger partial charge in [-0.1, -0.05) is 11.8 Å². The molecule has 0 unspecified atom stereocenters. The average molecular weight is 221 g/mol. The van der Waals surface area contributed by atoms with Gasteiger partial charge in [0.25, 0.3) is 0 Å². The third kappa shape index (κ3) is 2.39. The summed E-state index contributed by atoms with van der Waals surface area (Å²) < 4.78 is 1.24. The summed E-state index contributed by atoms with van der Waals surface area (Å²) in [6.45, 7) is 1.65. The summed E-state index contributed by atoms with van der Waals surface area (Å²) in [7, 11) is 1.52. The summed E-state index contributed by atoms with van der Waals surface area (Å²) in [6, 6.07) is 0. The van der Waals surface area contributed by atoms with Crippen molar-refractivity contribution in [2.24, 2.45) is 12.8 Å². The molecule has 0 aromatic carbocycles. The molecule has 0 saturated heterocycles. The zero-order chi connectivity index (χ0) is 12.3. The zero-order valence-electron chi connectivity index (χ0n) is 8.94. The Labute approximate surface area is 92.0 Å². The molecule has 6 nitrogen and oxygen atoms in total. The van der Waals surface area contributed by atoms with Gasteiger partial charge in [-0.3, -0.25) is 9.48 Å².